The maximum atomic E-state index is 13.4. The van der Waals surface area contributed by atoms with E-state index in [9.17, 15) is 13.6 Å². The monoisotopic (exact) mass is 358 g/mol. The lowest BCUT2D eigenvalue weighted by Crippen LogP contribution is -2.50. The van der Waals surface area contributed by atoms with Gasteiger partial charge in [-0.05, 0) is 43.1 Å². The number of nitrogens with two attached hydrogens (primary N) is 1. The molecule has 0 saturated heterocycles. The lowest BCUT2D eigenvalue weighted by molar-refractivity contribution is -0.136. The molecule has 0 spiro atoms. The van der Waals surface area contributed by atoms with Gasteiger partial charge in [0.1, 0.15) is 0 Å². The molecule has 0 radical (unpaired) electrons. The molecule has 0 heterocycles. The zero-order valence-corrected chi connectivity index (χ0v) is 14.5. The van der Waals surface area contributed by atoms with Gasteiger partial charge >= 0.3 is 0 Å². The van der Waals surface area contributed by atoms with Crippen LogP contribution >= 0.6 is 12.4 Å². The molecule has 1 amide bonds. The fraction of sp³-hybridized carbons (Fsp3) is 0.611. The van der Waals surface area contributed by atoms with Crippen LogP contribution in [0, 0.1) is 17.3 Å². The van der Waals surface area contributed by atoms with Crippen molar-refractivity contribution in [2.75, 3.05) is 13.1 Å². The minimum Gasteiger partial charge on any atom is -0.350 e. The van der Waals surface area contributed by atoms with E-state index in [4.69, 9.17) is 5.73 Å². The molecule has 2 fully saturated rings. The van der Waals surface area contributed by atoms with Crippen molar-refractivity contribution in [2.45, 2.75) is 38.0 Å². The first-order valence-corrected chi connectivity index (χ1v) is 8.35. The van der Waals surface area contributed by atoms with Gasteiger partial charge in [-0.1, -0.05) is 36.8 Å². The Bertz CT molecular complexity index is 569. The van der Waals surface area contributed by atoms with Crippen molar-refractivity contribution in [3.8, 4) is 0 Å². The molecule has 1 aromatic rings. The van der Waals surface area contributed by atoms with Crippen molar-refractivity contribution in [2.24, 2.45) is 23.0 Å². The maximum absolute atomic E-state index is 13.4. The van der Waals surface area contributed by atoms with Crippen molar-refractivity contribution in [1.82, 2.24) is 5.32 Å². The van der Waals surface area contributed by atoms with Crippen LogP contribution in [0.25, 0.3) is 0 Å². The van der Waals surface area contributed by atoms with Gasteiger partial charge in [-0.2, -0.15) is 0 Å². The Hall–Kier alpha value is -1.20. The third kappa shape index (κ3) is 3.72. The van der Waals surface area contributed by atoms with Crippen LogP contribution in [0.2, 0.25) is 0 Å². The van der Waals surface area contributed by atoms with Crippen molar-refractivity contribution >= 4 is 18.3 Å². The highest BCUT2D eigenvalue weighted by Gasteiger charge is 2.55. The smallest absolute Gasteiger partial charge is 0.277 e. The second-order valence-electron chi connectivity index (χ2n) is 7.14. The third-order valence-corrected chi connectivity index (χ3v) is 5.60. The minimum absolute atomic E-state index is 0. The first-order valence-electron chi connectivity index (χ1n) is 8.35. The summed E-state index contributed by atoms with van der Waals surface area (Å²) in [6.45, 7) is -1.42. The van der Waals surface area contributed by atoms with Gasteiger partial charge < -0.3 is 11.1 Å². The Labute approximate surface area is 147 Å². The van der Waals surface area contributed by atoms with E-state index in [1.165, 1.54) is 0 Å². The van der Waals surface area contributed by atoms with Crippen LogP contribution in [0.3, 0.4) is 0 Å². The summed E-state index contributed by atoms with van der Waals surface area (Å²) < 4.78 is 26.8. The van der Waals surface area contributed by atoms with Gasteiger partial charge in [0.15, 0.2) is 0 Å². The molecule has 2 saturated carbocycles. The summed E-state index contributed by atoms with van der Waals surface area (Å²) in [4.78, 5) is 12.8. The van der Waals surface area contributed by atoms with Crippen LogP contribution in [0.4, 0.5) is 8.78 Å². The fourth-order valence-electron chi connectivity index (χ4n) is 4.44. The van der Waals surface area contributed by atoms with Crippen LogP contribution in [0.5, 0.6) is 0 Å². The molecule has 1 aromatic carbocycles. The van der Waals surface area contributed by atoms with Gasteiger partial charge in [-0.3, -0.25) is 4.79 Å². The van der Waals surface area contributed by atoms with Crippen molar-refractivity contribution in [1.29, 1.82) is 0 Å². The number of alkyl halides is 2. The summed E-state index contributed by atoms with van der Waals surface area (Å²) in [5.74, 6) is -2.40. The topological polar surface area (TPSA) is 55.1 Å². The van der Waals surface area contributed by atoms with E-state index in [0.29, 0.717) is 18.3 Å². The van der Waals surface area contributed by atoms with E-state index in [0.717, 1.165) is 31.2 Å². The number of benzene rings is 1. The molecule has 2 aliphatic rings. The molecule has 3 atom stereocenters. The molecule has 6 heteroatoms. The third-order valence-electron chi connectivity index (χ3n) is 5.60. The van der Waals surface area contributed by atoms with Crippen LogP contribution in [0.1, 0.15) is 31.2 Å². The molecule has 0 aromatic heterocycles. The SMILES string of the molecule is Cl.NCC(F)(F)CNC(=O)C1(Cc2ccccc2)CC2CCC1C2. The second-order valence-corrected chi connectivity index (χ2v) is 7.14. The molecular weight excluding hydrogens is 334 g/mol. The standard InChI is InChI=1S/C18H24F2N2O.ClH/c19-18(20,11-21)12-22-16(23)17(9-13-4-2-1-3-5-13)10-14-6-7-15(17)8-14;/h1-5,14-15H,6-12,21H2,(H,22,23);1H. The van der Waals surface area contributed by atoms with E-state index in [-0.39, 0.29) is 18.3 Å². The molecule has 2 aliphatic carbocycles. The average molecular weight is 359 g/mol. The van der Waals surface area contributed by atoms with E-state index in [2.05, 4.69) is 5.32 Å². The molecule has 3 rings (SSSR count). The summed E-state index contributed by atoms with van der Waals surface area (Å²) in [6, 6.07) is 9.87. The van der Waals surface area contributed by atoms with E-state index in [1.807, 2.05) is 30.3 Å². The number of hydrogen-bond acceptors (Lipinski definition) is 2. The summed E-state index contributed by atoms with van der Waals surface area (Å²) in [7, 11) is 0. The van der Waals surface area contributed by atoms with Gasteiger partial charge in [-0.15, -0.1) is 12.4 Å². The highest BCUT2D eigenvalue weighted by atomic mass is 35.5. The highest BCUT2D eigenvalue weighted by molar-refractivity contribution is 5.85. The van der Waals surface area contributed by atoms with Crippen LogP contribution in [-0.4, -0.2) is 24.9 Å². The Morgan fingerprint density at radius 3 is 2.54 bits per heavy atom. The number of nitrogens with one attached hydrogen (secondary N) is 1. The Balaban J connectivity index is 0.00000208. The number of hydrogen-bond donors (Lipinski definition) is 2. The molecule has 134 valence electrons. The van der Waals surface area contributed by atoms with Gasteiger partial charge in [0, 0.05) is 0 Å². The molecule has 3 nitrogen and oxygen atoms in total. The largest absolute Gasteiger partial charge is 0.350 e. The number of halogens is 3. The number of carbonyl (C=O) groups is 1. The normalized spacial score (nSPS) is 28.5. The maximum Gasteiger partial charge on any atom is 0.277 e. The van der Waals surface area contributed by atoms with Crippen molar-refractivity contribution in [3.63, 3.8) is 0 Å². The fourth-order valence-corrected chi connectivity index (χ4v) is 4.44. The molecular formula is C18H25ClF2N2O. The molecule has 0 aliphatic heterocycles. The van der Waals surface area contributed by atoms with Gasteiger partial charge in [-0.25, -0.2) is 8.78 Å². The number of fused-ring (bicyclic) bond motifs is 2. The Kier molecular flexibility index (Phi) is 5.87. The van der Waals surface area contributed by atoms with Gasteiger partial charge in [0.05, 0.1) is 18.5 Å². The van der Waals surface area contributed by atoms with E-state index >= 15 is 0 Å². The van der Waals surface area contributed by atoms with E-state index in [1.54, 1.807) is 0 Å². The van der Waals surface area contributed by atoms with E-state index < -0.39 is 24.4 Å². The lowest BCUT2D eigenvalue weighted by Gasteiger charge is -2.37. The molecule has 2 bridgehead atoms. The lowest BCUT2D eigenvalue weighted by atomic mass is 9.68. The minimum atomic E-state index is -3.04. The zero-order valence-electron chi connectivity index (χ0n) is 13.6. The first kappa shape index (κ1) is 19.1. The zero-order chi connectivity index (χ0) is 16.5. The summed E-state index contributed by atoms with van der Waals surface area (Å²) in [5, 5.41) is 2.49. The molecule has 3 unspecified atom stereocenters. The second kappa shape index (κ2) is 7.36. The predicted molar refractivity (Wildman–Crippen MR) is 92.3 cm³/mol. The van der Waals surface area contributed by atoms with Gasteiger partial charge in [0.2, 0.25) is 5.91 Å². The predicted octanol–water partition coefficient (Wildman–Crippen LogP) is 3.17. The summed E-state index contributed by atoms with van der Waals surface area (Å²) in [6.07, 6.45) is 4.68. The molecule has 3 N–H and O–H groups in total. The number of rotatable bonds is 6. The highest BCUT2D eigenvalue weighted by Crippen LogP contribution is 2.57. The first-order chi connectivity index (χ1) is 11.0. The Morgan fingerprint density at radius 2 is 2.00 bits per heavy atom. The van der Waals surface area contributed by atoms with Gasteiger partial charge in [0.25, 0.3) is 5.92 Å². The summed E-state index contributed by atoms with van der Waals surface area (Å²) in [5.41, 5.74) is 5.63. The Morgan fingerprint density at radius 1 is 1.29 bits per heavy atom. The number of carbonyl (C=O) groups excluding carboxylic acids is 1. The van der Waals surface area contributed by atoms with Crippen molar-refractivity contribution < 1.29 is 13.6 Å². The number of amides is 1. The molecule has 24 heavy (non-hydrogen) atoms. The quantitative estimate of drug-likeness (QED) is 0.820. The average Bonchev–Trinajstić information content (AvgIpc) is 3.15. The van der Waals surface area contributed by atoms with Crippen molar-refractivity contribution in [3.05, 3.63) is 35.9 Å². The van der Waals surface area contributed by atoms with Crippen LogP contribution < -0.4 is 11.1 Å². The summed E-state index contributed by atoms with van der Waals surface area (Å²) >= 11 is 0. The van der Waals surface area contributed by atoms with Crippen LogP contribution in [-0.2, 0) is 11.2 Å². The van der Waals surface area contributed by atoms with Crippen LogP contribution in [0.15, 0.2) is 30.3 Å².